The van der Waals surface area contributed by atoms with Crippen LogP contribution in [0, 0.1) is 5.82 Å². The summed E-state index contributed by atoms with van der Waals surface area (Å²) in [7, 11) is 0. The number of rotatable bonds is 1. The lowest BCUT2D eigenvalue weighted by atomic mass is 10.2. The van der Waals surface area contributed by atoms with E-state index in [1.165, 1.54) is 12.1 Å². The van der Waals surface area contributed by atoms with Gasteiger partial charge in [-0.05, 0) is 34.1 Å². The van der Waals surface area contributed by atoms with Crippen LogP contribution in [-0.2, 0) is 4.79 Å². The number of hydrogen-bond donors (Lipinski definition) is 0. The Morgan fingerprint density at radius 2 is 2.23 bits per heavy atom. The lowest BCUT2D eigenvalue weighted by molar-refractivity contribution is 0.100. The molecule has 0 radical (unpaired) electrons. The van der Waals surface area contributed by atoms with Gasteiger partial charge in [-0.3, -0.25) is 4.79 Å². The van der Waals surface area contributed by atoms with Gasteiger partial charge in [0.2, 0.25) is 6.08 Å². The molecular formula is C8H3BrFNO2. The molecule has 0 fully saturated rings. The van der Waals surface area contributed by atoms with E-state index in [0.717, 1.165) is 12.1 Å². The topological polar surface area (TPSA) is 46.5 Å². The molecule has 0 saturated carbocycles. The highest BCUT2D eigenvalue weighted by Gasteiger charge is 2.06. The number of nitrogens with zero attached hydrogens (tertiary/aromatic N) is 1. The van der Waals surface area contributed by atoms with E-state index in [-0.39, 0.29) is 10.0 Å². The molecule has 1 aromatic rings. The fourth-order valence-corrected chi connectivity index (χ4v) is 1.11. The van der Waals surface area contributed by atoms with Gasteiger partial charge >= 0.3 is 0 Å². The van der Waals surface area contributed by atoms with Crippen LogP contribution in [0.4, 0.5) is 4.39 Å². The molecule has 0 saturated heterocycles. The maximum atomic E-state index is 12.7. The van der Waals surface area contributed by atoms with Crippen molar-refractivity contribution in [3.8, 4) is 0 Å². The van der Waals surface area contributed by atoms with Crippen LogP contribution in [-0.4, -0.2) is 12.0 Å². The van der Waals surface area contributed by atoms with Crippen molar-refractivity contribution in [1.29, 1.82) is 0 Å². The lowest BCUT2D eigenvalue weighted by Gasteiger charge is -1.95. The number of carbonyl (C=O) groups is 1. The minimum Gasteiger partial charge on any atom is -0.266 e. The molecule has 3 nitrogen and oxygen atoms in total. The first-order chi connectivity index (χ1) is 6.15. The monoisotopic (exact) mass is 243 g/mol. The highest BCUT2D eigenvalue weighted by molar-refractivity contribution is 9.10. The van der Waals surface area contributed by atoms with E-state index in [4.69, 9.17) is 0 Å². The molecule has 0 N–H and O–H groups in total. The molecule has 66 valence electrons. The molecule has 1 amide bonds. The number of amides is 1. The summed E-state index contributed by atoms with van der Waals surface area (Å²) in [5.74, 6) is -1.22. The summed E-state index contributed by atoms with van der Waals surface area (Å²) in [5, 5.41) is 0. The molecule has 0 aliphatic heterocycles. The predicted molar refractivity (Wildman–Crippen MR) is 46.6 cm³/mol. The Balaban J connectivity index is 3.10. The fraction of sp³-hybridized carbons (Fsp3) is 0. The van der Waals surface area contributed by atoms with Crippen molar-refractivity contribution in [2.45, 2.75) is 0 Å². The predicted octanol–water partition coefficient (Wildman–Crippen LogP) is 2.06. The highest BCUT2D eigenvalue weighted by atomic mass is 79.9. The molecule has 0 atom stereocenters. The number of hydrogen-bond acceptors (Lipinski definition) is 2. The smallest absolute Gasteiger partial charge is 0.266 e. The summed E-state index contributed by atoms with van der Waals surface area (Å²) in [6.07, 6.45) is 1.12. The molecular weight excluding hydrogens is 241 g/mol. The molecule has 0 heterocycles. The molecule has 0 aliphatic carbocycles. The third-order valence-electron chi connectivity index (χ3n) is 1.31. The van der Waals surface area contributed by atoms with Crippen molar-refractivity contribution in [2.75, 3.05) is 0 Å². The van der Waals surface area contributed by atoms with Crippen molar-refractivity contribution >= 4 is 27.9 Å². The number of isocyanates is 1. The normalized spacial score (nSPS) is 9.08. The lowest BCUT2D eigenvalue weighted by Crippen LogP contribution is -1.94. The Morgan fingerprint density at radius 1 is 1.54 bits per heavy atom. The Hall–Kier alpha value is -1.32. The Kier molecular flexibility index (Phi) is 3.06. The van der Waals surface area contributed by atoms with E-state index >= 15 is 0 Å². The van der Waals surface area contributed by atoms with Gasteiger partial charge in [-0.2, -0.15) is 0 Å². The fourth-order valence-electron chi connectivity index (χ4n) is 0.735. The Labute approximate surface area is 81.4 Å². The summed E-state index contributed by atoms with van der Waals surface area (Å²) < 4.78 is 12.8. The van der Waals surface area contributed by atoms with E-state index in [1.807, 2.05) is 0 Å². The number of aliphatic imine (C=N–C) groups is 1. The largest absolute Gasteiger partial charge is 0.287 e. The Bertz CT molecular complexity index is 399. The van der Waals surface area contributed by atoms with Crippen molar-refractivity contribution in [3.63, 3.8) is 0 Å². The van der Waals surface area contributed by atoms with Gasteiger partial charge in [0.05, 0.1) is 4.47 Å². The van der Waals surface area contributed by atoms with Crippen molar-refractivity contribution in [1.82, 2.24) is 0 Å². The zero-order valence-corrected chi connectivity index (χ0v) is 7.84. The van der Waals surface area contributed by atoms with Crippen LogP contribution in [0.3, 0.4) is 0 Å². The second kappa shape index (κ2) is 4.07. The van der Waals surface area contributed by atoms with Crippen molar-refractivity contribution in [2.24, 2.45) is 4.99 Å². The van der Waals surface area contributed by atoms with Crippen LogP contribution in [0.25, 0.3) is 0 Å². The third-order valence-corrected chi connectivity index (χ3v) is 1.92. The molecule has 13 heavy (non-hydrogen) atoms. The second-order valence-corrected chi connectivity index (χ2v) is 2.99. The summed E-state index contributed by atoms with van der Waals surface area (Å²) >= 11 is 2.90. The SMILES string of the molecule is O=C=NC(=O)c1ccc(F)c(Br)c1. The van der Waals surface area contributed by atoms with E-state index in [2.05, 4.69) is 20.9 Å². The molecule has 1 rings (SSSR count). The van der Waals surface area contributed by atoms with Gasteiger partial charge in [0.1, 0.15) is 5.82 Å². The van der Waals surface area contributed by atoms with Gasteiger partial charge in [0.25, 0.3) is 5.91 Å². The third kappa shape index (κ3) is 2.31. The van der Waals surface area contributed by atoms with Gasteiger partial charge in [0.15, 0.2) is 0 Å². The summed E-state index contributed by atoms with van der Waals surface area (Å²) in [6, 6.07) is 3.60. The van der Waals surface area contributed by atoms with E-state index in [1.54, 1.807) is 0 Å². The van der Waals surface area contributed by atoms with Crippen LogP contribution in [0.5, 0.6) is 0 Å². The van der Waals surface area contributed by atoms with Gasteiger partial charge < -0.3 is 0 Å². The molecule has 0 aliphatic rings. The van der Waals surface area contributed by atoms with E-state index in [0.29, 0.717) is 0 Å². The second-order valence-electron chi connectivity index (χ2n) is 2.14. The molecule has 1 aromatic carbocycles. The van der Waals surface area contributed by atoms with Crippen LogP contribution in [0.2, 0.25) is 0 Å². The van der Waals surface area contributed by atoms with Crippen LogP contribution >= 0.6 is 15.9 Å². The van der Waals surface area contributed by atoms with E-state index in [9.17, 15) is 14.0 Å². The molecule has 0 aromatic heterocycles. The van der Waals surface area contributed by atoms with Gasteiger partial charge in [-0.15, -0.1) is 4.99 Å². The first-order valence-corrected chi connectivity index (χ1v) is 4.01. The molecule has 0 bridgehead atoms. The van der Waals surface area contributed by atoms with Crippen molar-refractivity contribution < 1.29 is 14.0 Å². The standard InChI is InChI=1S/C8H3BrFNO2/c9-6-3-5(1-2-7(6)10)8(13)11-4-12/h1-3H. The zero-order chi connectivity index (χ0) is 9.84. The summed E-state index contributed by atoms with van der Waals surface area (Å²) in [6.45, 7) is 0. The number of halogens is 2. The van der Waals surface area contributed by atoms with Gasteiger partial charge in [0, 0.05) is 5.56 Å². The van der Waals surface area contributed by atoms with Gasteiger partial charge in [-0.1, -0.05) is 0 Å². The summed E-state index contributed by atoms with van der Waals surface area (Å²) in [5.41, 5.74) is 0.136. The quantitative estimate of drug-likeness (QED) is 0.560. The average molecular weight is 244 g/mol. The first kappa shape index (κ1) is 9.77. The molecule has 5 heteroatoms. The van der Waals surface area contributed by atoms with Crippen LogP contribution in [0.1, 0.15) is 10.4 Å². The van der Waals surface area contributed by atoms with Gasteiger partial charge in [-0.25, -0.2) is 9.18 Å². The van der Waals surface area contributed by atoms with Crippen molar-refractivity contribution in [3.05, 3.63) is 34.1 Å². The highest BCUT2D eigenvalue weighted by Crippen LogP contribution is 2.17. The maximum Gasteiger partial charge on any atom is 0.287 e. The first-order valence-electron chi connectivity index (χ1n) is 3.22. The van der Waals surface area contributed by atoms with Crippen LogP contribution in [0.15, 0.2) is 27.7 Å². The maximum absolute atomic E-state index is 12.7. The molecule has 0 spiro atoms. The number of benzene rings is 1. The van der Waals surface area contributed by atoms with Crippen LogP contribution < -0.4 is 0 Å². The minimum atomic E-state index is -0.740. The number of carbonyl (C=O) groups excluding carboxylic acids is 2. The summed E-state index contributed by atoms with van der Waals surface area (Å²) in [4.78, 5) is 23.6. The average Bonchev–Trinajstić information content (AvgIpc) is 2.10. The minimum absolute atomic E-state index is 0.136. The molecule has 0 unspecified atom stereocenters. The Morgan fingerprint density at radius 3 is 2.77 bits per heavy atom. The van der Waals surface area contributed by atoms with E-state index < -0.39 is 11.7 Å². The zero-order valence-electron chi connectivity index (χ0n) is 6.25.